The fraction of sp³-hybridized carbons (Fsp3) is 0.429. The van der Waals surface area contributed by atoms with Crippen molar-refractivity contribution >= 4 is 33.1 Å². The van der Waals surface area contributed by atoms with E-state index in [0.717, 1.165) is 15.3 Å². The summed E-state index contributed by atoms with van der Waals surface area (Å²) in [6.07, 6.45) is 0.329. The van der Waals surface area contributed by atoms with Crippen LogP contribution >= 0.6 is 11.3 Å². The minimum atomic E-state index is -3.55. The first-order valence-electron chi connectivity index (χ1n) is 9.63. The van der Waals surface area contributed by atoms with E-state index < -0.39 is 10.0 Å². The summed E-state index contributed by atoms with van der Waals surface area (Å²) in [6.45, 7) is 7.00. The molecule has 0 radical (unpaired) electrons. The lowest BCUT2D eigenvalue weighted by molar-refractivity contribution is -0.132. The van der Waals surface area contributed by atoms with Crippen molar-refractivity contribution in [3.8, 4) is 0 Å². The van der Waals surface area contributed by atoms with Crippen LogP contribution in [0.15, 0.2) is 35.2 Å². The summed E-state index contributed by atoms with van der Waals surface area (Å²) in [5.41, 5.74) is 1.70. The first-order chi connectivity index (χ1) is 13.7. The number of hydrogen-bond donors (Lipinski definition) is 0. The highest BCUT2D eigenvalue weighted by atomic mass is 32.2. The summed E-state index contributed by atoms with van der Waals surface area (Å²) in [4.78, 5) is 28.9. The third-order valence-electron chi connectivity index (χ3n) is 5.16. The molecule has 1 amide bonds. The molecule has 6 nitrogen and oxygen atoms in total. The van der Waals surface area contributed by atoms with Crippen LogP contribution in [0.2, 0.25) is 0 Å². The molecule has 0 unspecified atom stereocenters. The summed E-state index contributed by atoms with van der Waals surface area (Å²) < 4.78 is 26.9. The molecule has 1 aliphatic rings. The number of aryl methyl sites for hydroxylation is 3. The van der Waals surface area contributed by atoms with E-state index in [0.29, 0.717) is 18.7 Å². The molecule has 2 aromatic rings. The van der Waals surface area contributed by atoms with Gasteiger partial charge in [-0.05, 0) is 39.0 Å². The molecular formula is C21H26N2O4S2. The van der Waals surface area contributed by atoms with Gasteiger partial charge in [0.25, 0.3) is 0 Å². The van der Waals surface area contributed by atoms with Crippen molar-refractivity contribution in [2.75, 3.05) is 26.2 Å². The van der Waals surface area contributed by atoms with Crippen molar-refractivity contribution in [2.24, 2.45) is 0 Å². The Balaban J connectivity index is 1.53. The van der Waals surface area contributed by atoms with Crippen molar-refractivity contribution < 1.29 is 18.0 Å². The Morgan fingerprint density at radius 3 is 2.14 bits per heavy atom. The van der Waals surface area contributed by atoms with Gasteiger partial charge in [0.15, 0.2) is 5.78 Å². The Morgan fingerprint density at radius 1 is 0.966 bits per heavy atom. The summed E-state index contributed by atoms with van der Waals surface area (Å²) in [5, 5.41) is 0. The molecular weight excluding hydrogens is 408 g/mol. The molecule has 3 rings (SSSR count). The van der Waals surface area contributed by atoms with Crippen molar-refractivity contribution in [2.45, 2.75) is 38.5 Å². The molecule has 156 valence electrons. The van der Waals surface area contributed by atoms with Crippen LogP contribution in [0.4, 0.5) is 0 Å². The van der Waals surface area contributed by atoms with E-state index in [9.17, 15) is 18.0 Å². The molecule has 1 saturated heterocycles. The number of ketones is 1. The summed E-state index contributed by atoms with van der Waals surface area (Å²) in [7, 11) is -3.55. The van der Waals surface area contributed by atoms with Crippen LogP contribution in [0.5, 0.6) is 0 Å². The van der Waals surface area contributed by atoms with Crippen LogP contribution < -0.4 is 0 Å². The monoisotopic (exact) mass is 434 g/mol. The number of sulfonamides is 1. The summed E-state index contributed by atoms with van der Waals surface area (Å²) >= 11 is 1.58. The van der Waals surface area contributed by atoms with Gasteiger partial charge in [-0.3, -0.25) is 9.59 Å². The maximum absolute atomic E-state index is 12.8. The van der Waals surface area contributed by atoms with Crippen LogP contribution in [0.1, 0.15) is 38.5 Å². The third kappa shape index (κ3) is 4.94. The van der Waals surface area contributed by atoms with Gasteiger partial charge in [-0.25, -0.2) is 8.42 Å². The van der Waals surface area contributed by atoms with Crippen molar-refractivity contribution in [1.29, 1.82) is 0 Å². The molecule has 0 bridgehead atoms. The van der Waals surface area contributed by atoms with E-state index in [2.05, 4.69) is 0 Å². The molecule has 0 aliphatic carbocycles. The van der Waals surface area contributed by atoms with Gasteiger partial charge < -0.3 is 4.90 Å². The second-order valence-electron chi connectivity index (χ2n) is 7.35. The van der Waals surface area contributed by atoms with E-state index >= 15 is 0 Å². The lowest BCUT2D eigenvalue weighted by Crippen LogP contribution is -2.50. The first kappa shape index (κ1) is 21.7. The zero-order chi connectivity index (χ0) is 21.2. The van der Waals surface area contributed by atoms with Crippen LogP contribution in [-0.2, 0) is 14.8 Å². The quantitative estimate of drug-likeness (QED) is 0.655. The molecule has 1 aliphatic heterocycles. The highest BCUT2D eigenvalue weighted by molar-refractivity contribution is 7.89. The number of piperazine rings is 1. The fourth-order valence-corrected chi connectivity index (χ4v) is 5.82. The number of nitrogens with zero attached hydrogens (tertiary/aromatic N) is 2. The smallest absolute Gasteiger partial charge is 0.243 e. The topological polar surface area (TPSA) is 74.8 Å². The molecule has 2 heterocycles. The summed E-state index contributed by atoms with van der Waals surface area (Å²) in [5.74, 6) is -0.115. The minimum absolute atomic E-state index is 0.0132. The lowest BCUT2D eigenvalue weighted by atomic mass is 10.1. The largest absolute Gasteiger partial charge is 0.340 e. The number of thiophene rings is 1. The number of benzene rings is 1. The van der Waals surface area contributed by atoms with Crippen LogP contribution in [-0.4, -0.2) is 55.5 Å². The van der Waals surface area contributed by atoms with E-state index in [1.807, 2.05) is 26.8 Å². The van der Waals surface area contributed by atoms with Gasteiger partial charge in [0.1, 0.15) is 0 Å². The van der Waals surface area contributed by atoms with E-state index in [1.54, 1.807) is 40.5 Å². The highest BCUT2D eigenvalue weighted by Gasteiger charge is 2.30. The zero-order valence-electron chi connectivity index (χ0n) is 17.0. The van der Waals surface area contributed by atoms with Crippen LogP contribution in [0.3, 0.4) is 0 Å². The van der Waals surface area contributed by atoms with Gasteiger partial charge in [-0.1, -0.05) is 17.7 Å². The average molecular weight is 435 g/mol. The Morgan fingerprint density at radius 2 is 1.59 bits per heavy atom. The fourth-order valence-electron chi connectivity index (χ4n) is 3.46. The Hall–Kier alpha value is -2.03. The van der Waals surface area contributed by atoms with Crippen molar-refractivity contribution in [3.63, 3.8) is 0 Å². The van der Waals surface area contributed by atoms with E-state index in [1.165, 1.54) is 4.31 Å². The molecule has 0 saturated carbocycles. The number of rotatable bonds is 6. The molecule has 0 spiro atoms. The molecule has 29 heavy (non-hydrogen) atoms. The van der Waals surface area contributed by atoms with Crippen molar-refractivity contribution in [3.05, 3.63) is 51.2 Å². The van der Waals surface area contributed by atoms with E-state index in [4.69, 9.17) is 0 Å². The number of Topliss-reactive ketones (excluding diaryl/α,β-unsaturated/α-hetero) is 1. The molecule has 8 heteroatoms. The van der Waals surface area contributed by atoms with Gasteiger partial charge >= 0.3 is 0 Å². The van der Waals surface area contributed by atoms with Crippen molar-refractivity contribution in [1.82, 2.24) is 9.21 Å². The number of carbonyl (C=O) groups is 2. The van der Waals surface area contributed by atoms with Gasteiger partial charge in [0.05, 0.1) is 4.90 Å². The summed E-state index contributed by atoms with van der Waals surface area (Å²) in [6, 6.07) is 8.66. The molecule has 1 aromatic heterocycles. The molecule has 0 atom stereocenters. The molecule has 0 N–H and O–H groups in total. The van der Waals surface area contributed by atoms with E-state index in [-0.39, 0.29) is 42.5 Å². The van der Waals surface area contributed by atoms with Crippen LogP contribution in [0, 0.1) is 20.8 Å². The van der Waals surface area contributed by atoms with Gasteiger partial charge in [-0.2, -0.15) is 4.31 Å². The second kappa shape index (κ2) is 8.77. The van der Waals surface area contributed by atoms with Crippen LogP contribution in [0.25, 0.3) is 0 Å². The Bertz CT molecular complexity index is 1000. The van der Waals surface area contributed by atoms with Gasteiger partial charge in [0.2, 0.25) is 15.9 Å². The lowest BCUT2D eigenvalue weighted by Gasteiger charge is -2.34. The first-order valence-corrected chi connectivity index (χ1v) is 11.9. The number of hydrogen-bond acceptors (Lipinski definition) is 5. The normalized spacial score (nSPS) is 15.5. The molecule has 1 aromatic carbocycles. The second-order valence-corrected chi connectivity index (χ2v) is 10.7. The highest BCUT2D eigenvalue weighted by Crippen LogP contribution is 2.23. The SMILES string of the molecule is Cc1ccc(S(=O)(=O)N2CCN(C(=O)CCC(=O)c3cc(C)sc3C)CC2)cc1. The maximum Gasteiger partial charge on any atom is 0.243 e. The number of carbonyl (C=O) groups excluding carboxylic acids is 2. The van der Waals surface area contributed by atoms with Gasteiger partial charge in [0, 0.05) is 54.3 Å². The predicted octanol–water partition coefficient (Wildman–Crippen LogP) is 3.17. The molecule has 1 fully saturated rings. The Kier molecular flexibility index (Phi) is 6.55. The average Bonchev–Trinajstić information content (AvgIpc) is 3.04. The third-order valence-corrected chi connectivity index (χ3v) is 8.04. The maximum atomic E-state index is 12.8. The standard InChI is InChI=1S/C21H26N2O4S2/c1-15-4-6-18(7-5-15)29(26,27)23-12-10-22(11-13-23)21(25)9-8-20(24)19-14-16(2)28-17(19)3/h4-7,14H,8-13H2,1-3H3. The number of amides is 1. The zero-order valence-corrected chi connectivity index (χ0v) is 18.6. The Labute approximate surface area is 176 Å². The van der Waals surface area contributed by atoms with Gasteiger partial charge in [-0.15, -0.1) is 11.3 Å². The minimum Gasteiger partial charge on any atom is -0.340 e. The predicted molar refractivity (Wildman–Crippen MR) is 114 cm³/mol.